The zero-order valence-electron chi connectivity index (χ0n) is 5.96. The fourth-order valence-corrected chi connectivity index (χ4v) is 1.90. The van der Waals surface area contributed by atoms with Crippen LogP contribution in [-0.4, -0.2) is 26.2 Å². The molecule has 1 saturated heterocycles. The molecule has 2 rings (SSSR count). The first-order chi connectivity index (χ1) is 4.84. The summed E-state index contributed by atoms with van der Waals surface area (Å²) in [5, 5.41) is 3.22. The molecule has 0 aromatic carbocycles. The van der Waals surface area contributed by atoms with Gasteiger partial charge in [0.05, 0.1) is 13.0 Å². The molecule has 0 radical (unpaired) electrons. The Kier molecular flexibility index (Phi) is 1.20. The standard InChI is InChI=1S/C7H11NO2/c1-10-7(9)6-4-2-8-3-5(4)6/h4-6,8H,2-3H2,1H3/t4-,5-/m1/s1. The second-order valence-corrected chi connectivity index (χ2v) is 3.03. The fraction of sp³-hybridized carbons (Fsp3) is 0.857. The number of hydrogen-bond donors (Lipinski definition) is 1. The predicted molar refractivity (Wildman–Crippen MR) is 35.4 cm³/mol. The van der Waals surface area contributed by atoms with Gasteiger partial charge in [-0.25, -0.2) is 0 Å². The van der Waals surface area contributed by atoms with E-state index >= 15 is 0 Å². The van der Waals surface area contributed by atoms with Gasteiger partial charge in [0.1, 0.15) is 0 Å². The second-order valence-electron chi connectivity index (χ2n) is 3.03. The van der Waals surface area contributed by atoms with Crippen molar-refractivity contribution in [2.75, 3.05) is 20.2 Å². The Morgan fingerprint density at radius 2 is 2.10 bits per heavy atom. The third kappa shape index (κ3) is 0.669. The van der Waals surface area contributed by atoms with Crippen molar-refractivity contribution in [2.24, 2.45) is 17.8 Å². The maximum atomic E-state index is 10.9. The Hall–Kier alpha value is -0.570. The summed E-state index contributed by atoms with van der Waals surface area (Å²) >= 11 is 0. The number of methoxy groups -OCH3 is 1. The minimum atomic E-state index is -0.0171. The van der Waals surface area contributed by atoms with Gasteiger partial charge in [-0.3, -0.25) is 4.79 Å². The van der Waals surface area contributed by atoms with E-state index in [9.17, 15) is 4.79 Å². The van der Waals surface area contributed by atoms with Crippen LogP contribution in [0, 0.1) is 17.8 Å². The first-order valence-corrected chi connectivity index (χ1v) is 3.63. The maximum absolute atomic E-state index is 10.9. The lowest BCUT2D eigenvalue weighted by molar-refractivity contribution is -0.143. The van der Waals surface area contributed by atoms with E-state index < -0.39 is 0 Å². The highest BCUT2D eigenvalue weighted by molar-refractivity contribution is 5.76. The number of ether oxygens (including phenoxy) is 1. The molecule has 2 atom stereocenters. The highest BCUT2D eigenvalue weighted by Crippen LogP contribution is 2.49. The molecular formula is C7H11NO2. The van der Waals surface area contributed by atoms with Gasteiger partial charge in [-0.2, -0.15) is 0 Å². The molecule has 0 amide bonds. The van der Waals surface area contributed by atoms with Crippen molar-refractivity contribution in [3.05, 3.63) is 0 Å². The fourth-order valence-electron chi connectivity index (χ4n) is 1.90. The highest BCUT2D eigenvalue weighted by atomic mass is 16.5. The summed E-state index contributed by atoms with van der Waals surface area (Å²) in [6, 6.07) is 0. The van der Waals surface area contributed by atoms with Gasteiger partial charge < -0.3 is 10.1 Å². The van der Waals surface area contributed by atoms with Crippen molar-refractivity contribution in [3.63, 3.8) is 0 Å². The molecule has 1 aliphatic heterocycles. The summed E-state index contributed by atoms with van der Waals surface area (Å²) < 4.78 is 4.64. The molecule has 2 aliphatic rings. The smallest absolute Gasteiger partial charge is 0.309 e. The van der Waals surface area contributed by atoms with Gasteiger partial charge in [-0.05, 0) is 24.9 Å². The van der Waals surface area contributed by atoms with Gasteiger partial charge in [-0.15, -0.1) is 0 Å². The molecule has 0 spiro atoms. The van der Waals surface area contributed by atoms with E-state index in [1.54, 1.807) is 0 Å². The average Bonchev–Trinajstić information content (AvgIpc) is 2.43. The van der Waals surface area contributed by atoms with Gasteiger partial charge in [0, 0.05) is 0 Å². The van der Waals surface area contributed by atoms with Crippen LogP contribution in [-0.2, 0) is 9.53 Å². The normalized spacial score (nSPS) is 42.7. The first kappa shape index (κ1) is 6.16. The quantitative estimate of drug-likeness (QED) is 0.506. The lowest BCUT2D eigenvalue weighted by Gasteiger charge is -2.00. The lowest BCUT2D eigenvalue weighted by atomic mass is 10.3. The molecule has 0 bridgehead atoms. The number of carbonyl (C=O) groups is 1. The minimum Gasteiger partial charge on any atom is -0.469 e. The molecule has 0 aromatic rings. The molecule has 1 aliphatic carbocycles. The van der Waals surface area contributed by atoms with Gasteiger partial charge in [0.25, 0.3) is 0 Å². The Bertz CT molecular complexity index is 159. The molecule has 0 aromatic heterocycles. The Morgan fingerprint density at radius 3 is 2.60 bits per heavy atom. The van der Waals surface area contributed by atoms with E-state index in [-0.39, 0.29) is 11.9 Å². The van der Waals surface area contributed by atoms with Gasteiger partial charge in [0.15, 0.2) is 0 Å². The summed E-state index contributed by atoms with van der Waals surface area (Å²) in [7, 11) is 1.46. The second kappa shape index (κ2) is 1.95. The summed E-state index contributed by atoms with van der Waals surface area (Å²) in [5.74, 6) is 1.39. The minimum absolute atomic E-state index is 0.0171. The molecule has 56 valence electrons. The van der Waals surface area contributed by atoms with Crippen molar-refractivity contribution >= 4 is 5.97 Å². The molecule has 10 heavy (non-hydrogen) atoms. The average molecular weight is 141 g/mol. The van der Waals surface area contributed by atoms with Crippen LogP contribution in [0.25, 0.3) is 0 Å². The number of carbonyl (C=O) groups excluding carboxylic acids is 1. The third-order valence-corrected chi connectivity index (χ3v) is 2.57. The van der Waals surface area contributed by atoms with Crippen LogP contribution in [0.5, 0.6) is 0 Å². The van der Waals surface area contributed by atoms with Crippen molar-refractivity contribution in [1.82, 2.24) is 5.32 Å². The van der Waals surface area contributed by atoms with Crippen molar-refractivity contribution in [2.45, 2.75) is 0 Å². The van der Waals surface area contributed by atoms with Gasteiger partial charge in [0.2, 0.25) is 0 Å². The molecule has 3 nitrogen and oxygen atoms in total. The molecule has 2 fully saturated rings. The van der Waals surface area contributed by atoms with Gasteiger partial charge >= 0.3 is 5.97 Å². The predicted octanol–water partition coefficient (Wildman–Crippen LogP) is -0.375. The topological polar surface area (TPSA) is 38.3 Å². The van der Waals surface area contributed by atoms with E-state index in [2.05, 4.69) is 10.1 Å². The number of hydrogen-bond acceptors (Lipinski definition) is 3. The molecule has 1 N–H and O–H groups in total. The molecule has 3 heteroatoms. The molecule has 1 heterocycles. The SMILES string of the molecule is COC(=O)C1[C@@H]2CNC[C@@H]12. The van der Waals surface area contributed by atoms with E-state index in [1.807, 2.05) is 0 Å². The largest absolute Gasteiger partial charge is 0.469 e. The number of rotatable bonds is 1. The molecular weight excluding hydrogens is 130 g/mol. The van der Waals surface area contributed by atoms with E-state index in [4.69, 9.17) is 0 Å². The number of piperidine rings is 1. The van der Waals surface area contributed by atoms with Crippen molar-refractivity contribution in [3.8, 4) is 0 Å². The zero-order valence-corrected chi connectivity index (χ0v) is 5.96. The Balaban J connectivity index is 1.94. The van der Waals surface area contributed by atoms with Crippen LogP contribution in [0.1, 0.15) is 0 Å². The zero-order chi connectivity index (χ0) is 7.14. The Morgan fingerprint density at radius 1 is 1.50 bits per heavy atom. The lowest BCUT2D eigenvalue weighted by Crippen LogP contribution is -2.19. The van der Waals surface area contributed by atoms with E-state index in [0.717, 1.165) is 13.1 Å². The monoisotopic (exact) mass is 141 g/mol. The number of esters is 1. The summed E-state index contributed by atoms with van der Waals surface area (Å²) in [5.41, 5.74) is 0. The van der Waals surface area contributed by atoms with Crippen molar-refractivity contribution < 1.29 is 9.53 Å². The molecule has 0 unspecified atom stereocenters. The highest BCUT2D eigenvalue weighted by Gasteiger charge is 2.57. The van der Waals surface area contributed by atoms with Crippen LogP contribution >= 0.6 is 0 Å². The van der Waals surface area contributed by atoms with Crippen LogP contribution < -0.4 is 5.32 Å². The van der Waals surface area contributed by atoms with Crippen LogP contribution in [0.4, 0.5) is 0 Å². The van der Waals surface area contributed by atoms with Crippen LogP contribution in [0.15, 0.2) is 0 Å². The number of fused-ring (bicyclic) bond motifs is 1. The summed E-state index contributed by atoms with van der Waals surface area (Å²) in [6.45, 7) is 2.01. The number of nitrogens with one attached hydrogen (secondary N) is 1. The van der Waals surface area contributed by atoms with Crippen molar-refractivity contribution in [1.29, 1.82) is 0 Å². The maximum Gasteiger partial charge on any atom is 0.309 e. The van der Waals surface area contributed by atoms with Crippen LogP contribution in [0.3, 0.4) is 0 Å². The Labute approximate surface area is 59.7 Å². The first-order valence-electron chi connectivity index (χ1n) is 3.63. The molecule has 1 saturated carbocycles. The van der Waals surface area contributed by atoms with E-state index in [0.29, 0.717) is 11.8 Å². The summed E-state index contributed by atoms with van der Waals surface area (Å²) in [6.07, 6.45) is 0. The third-order valence-electron chi connectivity index (χ3n) is 2.57. The van der Waals surface area contributed by atoms with Crippen LogP contribution in [0.2, 0.25) is 0 Å². The van der Waals surface area contributed by atoms with Gasteiger partial charge in [-0.1, -0.05) is 0 Å². The van der Waals surface area contributed by atoms with E-state index in [1.165, 1.54) is 7.11 Å². The summed E-state index contributed by atoms with van der Waals surface area (Å²) in [4.78, 5) is 10.9.